The number of ether oxygens (including phenoxy) is 2. The molecule has 18 heavy (non-hydrogen) atoms. The number of carbonyl (C=O) groups excluding carboxylic acids is 1. The predicted molar refractivity (Wildman–Crippen MR) is 66.3 cm³/mol. The van der Waals surface area contributed by atoms with E-state index in [-0.39, 0.29) is 13.0 Å². The zero-order chi connectivity index (χ0) is 13.5. The van der Waals surface area contributed by atoms with Crippen LogP contribution in [0.2, 0.25) is 0 Å². The average molecular weight is 273 g/mol. The highest BCUT2D eigenvalue weighted by molar-refractivity contribution is 7.12. The molecule has 1 amide bonds. The van der Waals surface area contributed by atoms with Crippen molar-refractivity contribution in [3.8, 4) is 5.75 Å². The minimum absolute atomic E-state index is 0.222. The Morgan fingerprint density at radius 1 is 1.50 bits per heavy atom. The fourth-order valence-corrected chi connectivity index (χ4v) is 2.02. The lowest BCUT2D eigenvalue weighted by atomic mass is 10.2. The number of amides is 1. The van der Waals surface area contributed by atoms with Crippen LogP contribution in [0, 0.1) is 0 Å². The summed E-state index contributed by atoms with van der Waals surface area (Å²) >= 11 is 1.20. The van der Waals surface area contributed by atoms with Crippen LogP contribution in [0.15, 0.2) is 11.4 Å². The van der Waals surface area contributed by atoms with Crippen LogP contribution in [-0.2, 0) is 9.53 Å². The lowest BCUT2D eigenvalue weighted by molar-refractivity contribution is -0.139. The van der Waals surface area contributed by atoms with Crippen LogP contribution >= 0.6 is 11.3 Å². The molecule has 1 rings (SSSR count). The normalized spacial score (nSPS) is 11.9. The quantitative estimate of drug-likeness (QED) is 0.773. The largest absolute Gasteiger partial charge is 0.496 e. The third kappa shape index (κ3) is 4.01. The molecule has 1 heterocycles. The van der Waals surface area contributed by atoms with Crippen LogP contribution in [0.25, 0.3) is 0 Å². The van der Waals surface area contributed by atoms with E-state index >= 15 is 0 Å². The lowest BCUT2D eigenvalue weighted by Gasteiger charge is -2.13. The Kier molecular flexibility index (Phi) is 5.60. The SMILES string of the molecule is COCCC(NC(=O)c1cc(OC)cs1)C(=O)O. The predicted octanol–water partition coefficient (Wildman–Crippen LogP) is 0.976. The zero-order valence-electron chi connectivity index (χ0n) is 10.1. The molecule has 0 aliphatic carbocycles. The van der Waals surface area contributed by atoms with Crippen molar-refractivity contribution in [1.82, 2.24) is 5.32 Å². The highest BCUT2D eigenvalue weighted by Gasteiger charge is 2.21. The van der Waals surface area contributed by atoms with Gasteiger partial charge in [-0.25, -0.2) is 4.79 Å². The third-order valence-corrected chi connectivity index (χ3v) is 3.16. The van der Waals surface area contributed by atoms with E-state index in [1.807, 2.05) is 0 Å². The van der Waals surface area contributed by atoms with E-state index in [4.69, 9.17) is 14.6 Å². The number of hydrogen-bond donors (Lipinski definition) is 2. The molecule has 100 valence electrons. The second kappa shape index (κ2) is 6.97. The fraction of sp³-hybridized carbons (Fsp3) is 0.455. The van der Waals surface area contributed by atoms with Crippen LogP contribution < -0.4 is 10.1 Å². The van der Waals surface area contributed by atoms with Gasteiger partial charge in [-0.2, -0.15) is 0 Å². The molecule has 1 unspecified atom stereocenters. The summed E-state index contributed by atoms with van der Waals surface area (Å²) in [6, 6.07) is 0.612. The summed E-state index contributed by atoms with van der Waals surface area (Å²) in [4.78, 5) is 23.1. The Bertz CT molecular complexity index is 417. The highest BCUT2D eigenvalue weighted by atomic mass is 32.1. The molecule has 0 aromatic carbocycles. The average Bonchev–Trinajstić information content (AvgIpc) is 2.82. The molecule has 0 bridgehead atoms. The summed E-state index contributed by atoms with van der Waals surface area (Å²) in [5.74, 6) is -0.926. The topological polar surface area (TPSA) is 84.9 Å². The Balaban J connectivity index is 2.62. The van der Waals surface area contributed by atoms with E-state index in [0.717, 1.165) is 0 Å². The number of thiophene rings is 1. The van der Waals surface area contributed by atoms with Crippen molar-refractivity contribution in [2.75, 3.05) is 20.8 Å². The molecule has 0 radical (unpaired) electrons. The van der Waals surface area contributed by atoms with Crippen molar-refractivity contribution in [3.05, 3.63) is 16.3 Å². The Morgan fingerprint density at radius 3 is 2.72 bits per heavy atom. The second-order valence-electron chi connectivity index (χ2n) is 3.50. The first kappa shape index (κ1) is 14.5. The van der Waals surface area contributed by atoms with Crippen molar-refractivity contribution < 1.29 is 24.2 Å². The van der Waals surface area contributed by atoms with E-state index in [0.29, 0.717) is 10.6 Å². The van der Waals surface area contributed by atoms with Crippen molar-refractivity contribution in [3.63, 3.8) is 0 Å². The summed E-state index contributed by atoms with van der Waals surface area (Å²) in [6.07, 6.45) is 0.222. The number of carboxylic acid groups (broad SMARTS) is 1. The van der Waals surface area contributed by atoms with Gasteiger partial charge in [0.05, 0.1) is 12.0 Å². The lowest BCUT2D eigenvalue weighted by Crippen LogP contribution is -2.41. The Hall–Kier alpha value is -1.60. The van der Waals surface area contributed by atoms with Crippen LogP contribution in [0.5, 0.6) is 5.75 Å². The van der Waals surface area contributed by atoms with Gasteiger partial charge in [0.2, 0.25) is 0 Å². The molecular formula is C11H15NO5S. The van der Waals surface area contributed by atoms with Gasteiger partial charge < -0.3 is 19.9 Å². The maximum atomic E-state index is 11.8. The van der Waals surface area contributed by atoms with E-state index in [9.17, 15) is 9.59 Å². The number of methoxy groups -OCH3 is 2. The Morgan fingerprint density at radius 2 is 2.22 bits per heavy atom. The standard InChI is InChI=1S/C11H15NO5S/c1-16-4-3-8(11(14)15)12-10(13)9-5-7(17-2)6-18-9/h5-6,8H,3-4H2,1-2H3,(H,12,13)(H,14,15). The van der Waals surface area contributed by atoms with Gasteiger partial charge >= 0.3 is 5.97 Å². The van der Waals surface area contributed by atoms with E-state index < -0.39 is 17.9 Å². The maximum absolute atomic E-state index is 11.8. The van der Waals surface area contributed by atoms with Crippen LogP contribution in [-0.4, -0.2) is 43.9 Å². The summed E-state index contributed by atoms with van der Waals surface area (Å²) in [5, 5.41) is 13.1. The van der Waals surface area contributed by atoms with Gasteiger partial charge in [-0.15, -0.1) is 11.3 Å². The summed E-state index contributed by atoms with van der Waals surface area (Å²) in [7, 11) is 2.98. The monoisotopic (exact) mass is 273 g/mol. The fourth-order valence-electron chi connectivity index (χ4n) is 1.27. The molecule has 2 N–H and O–H groups in total. The van der Waals surface area contributed by atoms with Crippen LogP contribution in [0.3, 0.4) is 0 Å². The van der Waals surface area contributed by atoms with Crippen LogP contribution in [0.4, 0.5) is 0 Å². The minimum Gasteiger partial charge on any atom is -0.496 e. The Labute approximate surface area is 109 Å². The van der Waals surface area contributed by atoms with Gasteiger partial charge in [-0.1, -0.05) is 0 Å². The summed E-state index contributed by atoms with van der Waals surface area (Å²) in [6.45, 7) is 0.269. The third-order valence-electron chi connectivity index (χ3n) is 2.25. The van der Waals surface area contributed by atoms with E-state index in [1.54, 1.807) is 11.4 Å². The molecule has 0 saturated heterocycles. The number of carboxylic acids is 1. The number of carbonyl (C=O) groups is 2. The van der Waals surface area contributed by atoms with Crippen molar-refractivity contribution in [2.45, 2.75) is 12.5 Å². The first-order valence-electron chi connectivity index (χ1n) is 5.23. The number of hydrogen-bond acceptors (Lipinski definition) is 5. The summed E-state index contributed by atoms with van der Waals surface area (Å²) in [5.41, 5.74) is 0. The molecular weight excluding hydrogens is 258 g/mol. The van der Waals surface area contributed by atoms with Crippen LogP contribution in [0.1, 0.15) is 16.1 Å². The first-order chi connectivity index (χ1) is 8.58. The highest BCUT2D eigenvalue weighted by Crippen LogP contribution is 2.21. The van der Waals surface area contributed by atoms with Crippen molar-refractivity contribution >= 4 is 23.2 Å². The number of nitrogens with one attached hydrogen (secondary N) is 1. The number of aliphatic carboxylic acids is 1. The van der Waals surface area contributed by atoms with Gasteiger partial charge in [0.25, 0.3) is 5.91 Å². The smallest absolute Gasteiger partial charge is 0.326 e. The first-order valence-corrected chi connectivity index (χ1v) is 6.11. The molecule has 0 saturated carbocycles. The van der Waals surface area contributed by atoms with Gasteiger partial charge in [-0.05, 0) is 0 Å². The van der Waals surface area contributed by atoms with Gasteiger partial charge in [0, 0.05) is 31.6 Å². The zero-order valence-corrected chi connectivity index (χ0v) is 11.0. The second-order valence-corrected chi connectivity index (χ2v) is 4.41. The molecule has 0 spiro atoms. The van der Waals surface area contributed by atoms with E-state index in [2.05, 4.69) is 5.32 Å². The molecule has 0 fully saturated rings. The molecule has 1 aromatic heterocycles. The molecule has 6 nitrogen and oxygen atoms in total. The van der Waals surface area contributed by atoms with E-state index in [1.165, 1.54) is 25.6 Å². The molecule has 1 aromatic rings. The minimum atomic E-state index is -1.08. The number of rotatable bonds is 7. The maximum Gasteiger partial charge on any atom is 0.326 e. The van der Waals surface area contributed by atoms with Gasteiger partial charge in [0.1, 0.15) is 11.8 Å². The van der Waals surface area contributed by atoms with Crippen molar-refractivity contribution in [1.29, 1.82) is 0 Å². The molecule has 0 aliphatic heterocycles. The summed E-state index contributed by atoms with van der Waals surface area (Å²) < 4.78 is 9.76. The molecule has 0 aliphatic rings. The molecule has 1 atom stereocenters. The van der Waals surface area contributed by atoms with Gasteiger partial charge in [-0.3, -0.25) is 4.79 Å². The van der Waals surface area contributed by atoms with Gasteiger partial charge in [0.15, 0.2) is 0 Å². The van der Waals surface area contributed by atoms with Crippen molar-refractivity contribution in [2.24, 2.45) is 0 Å². The molecule has 7 heteroatoms.